The highest BCUT2D eigenvalue weighted by Crippen LogP contribution is 2.27. The first-order valence-corrected chi connectivity index (χ1v) is 7.59. The summed E-state index contributed by atoms with van der Waals surface area (Å²) in [5, 5.41) is 5.46. The number of nitrogens with one attached hydrogen (secondary N) is 2. The lowest BCUT2D eigenvalue weighted by molar-refractivity contribution is 0.240. The van der Waals surface area contributed by atoms with Crippen molar-refractivity contribution < 1.29 is 18.7 Å². The highest BCUT2D eigenvalue weighted by atomic mass is 19.1. The van der Waals surface area contributed by atoms with E-state index in [0.717, 1.165) is 5.56 Å². The molecule has 0 aromatic heterocycles. The third-order valence-corrected chi connectivity index (χ3v) is 3.49. The Morgan fingerprint density at radius 2 is 1.79 bits per heavy atom. The second-order valence-corrected chi connectivity index (χ2v) is 5.18. The molecule has 128 valence electrons. The van der Waals surface area contributed by atoms with Gasteiger partial charge >= 0.3 is 6.03 Å². The Kier molecular flexibility index (Phi) is 6.42. The normalized spacial score (nSPS) is 10.1. The Balaban J connectivity index is 1.76. The van der Waals surface area contributed by atoms with Gasteiger partial charge in [-0.3, -0.25) is 0 Å². The van der Waals surface area contributed by atoms with Crippen LogP contribution < -0.4 is 20.1 Å². The molecule has 0 aliphatic heterocycles. The van der Waals surface area contributed by atoms with Crippen LogP contribution in [0.4, 0.5) is 9.18 Å². The van der Waals surface area contributed by atoms with Crippen molar-refractivity contribution in [1.29, 1.82) is 0 Å². The SMILES string of the molecule is COc1ccc(CCNC(=O)NCc2cccc(F)c2)cc1OC. The second kappa shape index (κ2) is 8.76. The van der Waals surface area contributed by atoms with Crippen LogP contribution in [0.25, 0.3) is 0 Å². The number of benzene rings is 2. The lowest BCUT2D eigenvalue weighted by atomic mass is 10.1. The summed E-state index contributed by atoms with van der Waals surface area (Å²) >= 11 is 0. The molecule has 2 N–H and O–H groups in total. The third kappa shape index (κ3) is 5.15. The summed E-state index contributed by atoms with van der Waals surface area (Å²) in [7, 11) is 3.17. The van der Waals surface area contributed by atoms with E-state index in [1.807, 2.05) is 18.2 Å². The maximum absolute atomic E-state index is 13.1. The van der Waals surface area contributed by atoms with Gasteiger partial charge in [0, 0.05) is 13.1 Å². The van der Waals surface area contributed by atoms with E-state index in [4.69, 9.17) is 9.47 Å². The van der Waals surface area contributed by atoms with Gasteiger partial charge in [0.1, 0.15) is 5.82 Å². The maximum atomic E-state index is 13.1. The molecular formula is C18H21FN2O3. The first-order valence-electron chi connectivity index (χ1n) is 7.59. The number of urea groups is 1. The first kappa shape index (κ1) is 17.6. The van der Waals surface area contributed by atoms with E-state index in [1.165, 1.54) is 12.1 Å². The van der Waals surface area contributed by atoms with Crippen LogP contribution in [0.5, 0.6) is 11.5 Å². The van der Waals surface area contributed by atoms with Gasteiger partial charge in [-0.05, 0) is 41.8 Å². The van der Waals surface area contributed by atoms with Crippen LogP contribution in [0.3, 0.4) is 0 Å². The number of carbonyl (C=O) groups excluding carboxylic acids is 1. The van der Waals surface area contributed by atoms with Crippen molar-refractivity contribution in [3.63, 3.8) is 0 Å². The number of ether oxygens (including phenoxy) is 2. The fourth-order valence-corrected chi connectivity index (χ4v) is 2.25. The van der Waals surface area contributed by atoms with E-state index in [0.29, 0.717) is 30.0 Å². The molecule has 0 radical (unpaired) electrons. The highest BCUT2D eigenvalue weighted by Gasteiger charge is 2.05. The molecule has 2 rings (SSSR count). The molecule has 2 aromatic rings. The van der Waals surface area contributed by atoms with Crippen molar-refractivity contribution in [2.45, 2.75) is 13.0 Å². The number of amides is 2. The Labute approximate surface area is 140 Å². The zero-order chi connectivity index (χ0) is 17.4. The summed E-state index contributed by atoms with van der Waals surface area (Å²) in [5.41, 5.74) is 1.74. The van der Waals surface area contributed by atoms with E-state index in [9.17, 15) is 9.18 Å². The lowest BCUT2D eigenvalue weighted by Crippen LogP contribution is -2.36. The molecule has 0 bridgehead atoms. The molecule has 0 saturated carbocycles. The molecule has 6 heteroatoms. The molecular weight excluding hydrogens is 311 g/mol. The minimum Gasteiger partial charge on any atom is -0.493 e. The zero-order valence-electron chi connectivity index (χ0n) is 13.8. The zero-order valence-corrected chi connectivity index (χ0v) is 13.8. The molecule has 0 unspecified atom stereocenters. The third-order valence-electron chi connectivity index (χ3n) is 3.49. The van der Waals surface area contributed by atoms with E-state index in [2.05, 4.69) is 10.6 Å². The van der Waals surface area contributed by atoms with Gasteiger partial charge in [-0.2, -0.15) is 0 Å². The van der Waals surface area contributed by atoms with Gasteiger partial charge in [-0.15, -0.1) is 0 Å². The van der Waals surface area contributed by atoms with Gasteiger partial charge in [0.2, 0.25) is 0 Å². The Morgan fingerprint density at radius 1 is 1.00 bits per heavy atom. The van der Waals surface area contributed by atoms with Gasteiger partial charge in [-0.25, -0.2) is 9.18 Å². The summed E-state index contributed by atoms with van der Waals surface area (Å²) in [6.45, 7) is 0.754. The van der Waals surface area contributed by atoms with Crippen LogP contribution in [0, 0.1) is 5.82 Å². The van der Waals surface area contributed by atoms with E-state index in [-0.39, 0.29) is 18.4 Å². The number of halogens is 1. The van der Waals surface area contributed by atoms with Gasteiger partial charge in [0.05, 0.1) is 14.2 Å². The standard InChI is InChI=1S/C18H21FN2O3/c1-23-16-7-6-13(11-17(16)24-2)8-9-20-18(22)21-12-14-4-3-5-15(19)10-14/h3-7,10-11H,8-9,12H2,1-2H3,(H2,20,21,22). The van der Waals surface area contributed by atoms with Crippen LogP contribution in [-0.2, 0) is 13.0 Å². The van der Waals surface area contributed by atoms with Gasteiger partial charge in [0.25, 0.3) is 0 Å². The topological polar surface area (TPSA) is 59.6 Å². The molecule has 0 fully saturated rings. The minimum absolute atomic E-state index is 0.278. The smallest absolute Gasteiger partial charge is 0.315 e. The van der Waals surface area contributed by atoms with Crippen molar-refractivity contribution in [2.75, 3.05) is 20.8 Å². The fraction of sp³-hybridized carbons (Fsp3) is 0.278. The van der Waals surface area contributed by atoms with Crippen LogP contribution in [0.2, 0.25) is 0 Å². The molecule has 0 saturated heterocycles. The summed E-state index contributed by atoms with van der Waals surface area (Å²) < 4.78 is 23.5. The molecule has 0 aliphatic rings. The summed E-state index contributed by atoms with van der Waals surface area (Å²) in [6.07, 6.45) is 0.660. The molecule has 0 spiro atoms. The number of hydrogen-bond acceptors (Lipinski definition) is 3. The monoisotopic (exact) mass is 332 g/mol. The predicted molar refractivity (Wildman–Crippen MR) is 89.9 cm³/mol. The Hall–Kier alpha value is -2.76. The van der Waals surface area contributed by atoms with Crippen LogP contribution in [-0.4, -0.2) is 26.8 Å². The van der Waals surface area contributed by atoms with Gasteiger partial charge in [-0.1, -0.05) is 18.2 Å². The highest BCUT2D eigenvalue weighted by molar-refractivity contribution is 5.73. The summed E-state index contributed by atoms with van der Waals surface area (Å²) in [6, 6.07) is 11.5. The average Bonchev–Trinajstić information content (AvgIpc) is 2.60. The van der Waals surface area contributed by atoms with Crippen LogP contribution in [0.15, 0.2) is 42.5 Å². The lowest BCUT2D eigenvalue weighted by Gasteiger charge is -2.10. The number of methoxy groups -OCH3 is 2. The van der Waals surface area contributed by atoms with Crippen LogP contribution in [0.1, 0.15) is 11.1 Å². The van der Waals surface area contributed by atoms with Gasteiger partial charge < -0.3 is 20.1 Å². The molecule has 0 aliphatic carbocycles. The average molecular weight is 332 g/mol. The first-order chi connectivity index (χ1) is 11.6. The maximum Gasteiger partial charge on any atom is 0.315 e. The molecule has 0 heterocycles. The number of carbonyl (C=O) groups is 1. The van der Waals surface area contributed by atoms with E-state index in [1.54, 1.807) is 26.4 Å². The summed E-state index contributed by atoms with van der Waals surface area (Å²) in [4.78, 5) is 11.8. The van der Waals surface area contributed by atoms with Crippen molar-refractivity contribution in [2.24, 2.45) is 0 Å². The molecule has 5 nitrogen and oxygen atoms in total. The van der Waals surface area contributed by atoms with E-state index < -0.39 is 0 Å². The number of hydrogen-bond donors (Lipinski definition) is 2. The largest absolute Gasteiger partial charge is 0.493 e. The van der Waals surface area contributed by atoms with Crippen molar-refractivity contribution >= 4 is 6.03 Å². The fourth-order valence-electron chi connectivity index (χ4n) is 2.25. The molecule has 2 aromatic carbocycles. The second-order valence-electron chi connectivity index (χ2n) is 5.18. The molecule has 2 amide bonds. The minimum atomic E-state index is -0.317. The predicted octanol–water partition coefficient (Wildman–Crippen LogP) is 2.88. The molecule has 24 heavy (non-hydrogen) atoms. The van der Waals surface area contributed by atoms with Crippen molar-refractivity contribution in [3.05, 3.63) is 59.4 Å². The Bertz CT molecular complexity index is 692. The van der Waals surface area contributed by atoms with Gasteiger partial charge in [0.15, 0.2) is 11.5 Å². The number of rotatable bonds is 7. The summed E-state index contributed by atoms with van der Waals surface area (Å²) in [5.74, 6) is 1.01. The Morgan fingerprint density at radius 3 is 2.50 bits per heavy atom. The molecule has 0 atom stereocenters. The van der Waals surface area contributed by atoms with E-state index >= 15 is 0 Å². The van der Waals surface area contributed by atoms with Crippen LogP contribution >= 0.6 is 0 Å². The quantitative estimate of drug-likeness (QED) is 0.820. The van der Waals surface area contributed by atoms with Crippen molar-refractivity contribution in [3.8, 4) is 11.5 Å². The van der Waals surface area contributed by atoms with Crippen molar-refractivity contribution in [1.82, 2.24) is 10.6 Å².